The maximum absolute atomic E-state index is 12.1. The van der Waals surface area contributed by atoms with Crippen LogP contribution >= 0.6 is 23.4 Å². The Kier molecular flexibility index (Phi) is 4.81. The Balaban J connectivity index is 1.39. The number of fused-ring (bicyclic) bond motifs is 1. The van der Waals surface area contributed by atoms with Gasteiger partial charge in [-0.15, -0.1) is 10.2 Å². The number of nitrogens with zero attached hydrogens (tertiary/aromatic N) is 4. The molecule has 0 bridgehead atoms. The highest BCUT2D eigenvalue weighted by Crippen LogP contribution is 2.31. The van der Waals surface area contributed by atoms with Crippen molar-refractivity contribution < 1.29 is 4.79 Å². The number of carbonyl (C=O) groups is 1. The van der Waals surface area contributed by atoms with E-state index in [9.17, 15) is 4.79 Å². The number of amides is 1. The zero-order chi connectivity index (χ0) is 17.9. The van der Waals surface area contributed by atoms with Gasteiger partial charge in [-0.2, -0.15) is 0 Å². The Bertz CT molecular complexity index is 913. The topological polar surface area (TPSA) is 63.1 Å². The number of rotatable bonds is 5. The van der Waals surface area contributed by atoms with Gasteiger partial charge < -0.3 is 10.2 Å². The molecule has 1 N–H and O–H groups in total. The van der Waals surface area contributed by atoms with Gasteiger partial charge in [0.2, 0.25) is 11.9 Å². The van der Waals surface area contributed by atoms with Crippen LogP contribution in [0.15, 0.2) is 59.8 Å². The van der Waals surface area contributed by atoms with Gasteiger partial charge in [0.15, 0.2) is 5.16 Å². The lowest BCUT2D eigenvalue weighted by molar-refractivity contribution is -0.113. The number of carbonyl (C=O) groups excluding carboxylic acids is 1. The summed E-state index contributed by atoms with van der Waals surface area (Å²) in [6.45, 7) is 1.65. The Morgan fingerprint density at radius 3 is 2.62 bits per heavy atom. The van der Waals surface area contributed by atoms with E-state index in [1.807, 2.05) is 22.8 Å². The molecule has 1 aliphatic heterocycles. The first-order valence-corrected chi connectivity index (χ1v) is 9.51. The van der Waals surface area contributed by atoms with Crippen LogP contribution in [0, 0.1) is 0 Å². The van der Waals surface area contributed by atoms with E-state index in [1.54, 1.807) is 24.3 Å². The van der Waals surface area contributed by atoms with Gasteiger partial charge in [0.25, 0.3) is 0 Å². The molecule has 8 heteroatoms. The van der Waals surface area contributed by atoms with E-state index in [0.717, 1.165) is 35.6 Å². The molecular weight excluding hydrogens is 370 g/mol. The third kappa shape index (κ3) is 3.54. The van der Waals surface area contributed by atoms with Crippen LogP contribution in [0.25, 0.3) is 0 Å². The number of halogens is 1. The molecule has 0 radical (unpaired) electrons. The van der Waals surface area contributed by atoms with Gasteiger partial charge in [-0.1, -0.05) is 41.6 Å². The van der Waals surface area contributed by atoms with E-state index in [1.165, 1.54) is 11.8 Å². The fraction of sp³-hybridized carbons (Fsp3) is 0.167. The first-order valence-electron chi connectivity index (χ1n) is 8.15. The first kappa shape index (κ1) is 16.9. The van der Waals surface area contributed by atoms with Crippen LogP contribution in [0.4, 0.5) is 17.3 Å². The van der Waals surface area contributed by atoms with Crippen LogP contribution < -0.4 is 10.2 Å². The second-order valence-corrected chi connectivity index (χ2v) is 7.14. The van der Waals surface area contributed by atoms with E-state index < -0.39 is 0 Å². The fourth-order valence-electron chi connectivity index (χ4n) is 2.80. The van der Waals surface area contributed by atoms with E-state index >= 15 is 0 Å². The van der Waals surface area contributed by atoms with E-state index in [-0.39, 0.29) is 11.7 Å². The molecular formula is C18H16ClN5OS. The monoisotopic (exact) mass is 385 g/mol. The molecule has 1 aliphatic rings. The lowest BCUT2D eigenvalue weighted by atomic mass is 10.3. The summed E-state index contributed by atoms with van der Waals surface area (Å²) >= 11 is 7.23. The highest BCUT2D eigenvalue weighted by atomic mass is 35.5. The summed E-state index contributed by atoms with van der Waals surface area (Å²) in [7, 11) is 0. The normalized spacial score (nSPS) is 12.9. The quantitative estimate of drug-likeness (QED) is 0.676. The summed E-state index contributed by atoms with van der Waals surface area (Å²) in [5.41, 5.74) is 1.82. The third-order valence-electron chi connectivity index (χ3n) is 4.01. The number of anilines is 3. The Morgan fingerprint density at radius 2 is 1.85 bits per heavy atom. The number of benzene rings is 2. The lowest BCUT2D eigenvalue weighted by Gasteiger charge is -2.14. The average Bonchev–Trinajstić information content (AvgIpc) is 3.25. The largest absolute Gasteiger partial charge is 0.325 e. The van der Waals surface area contributed by atoms with E-state index in [0.29, 0.717) is 5.02 Å². The molecule has 26 heavy (non-hydrogen) atoms. The molecule has 0 saturated heterocycles. The van der Waals surface area contributed by atoms with Gasteiger partial charge >= 0.3 is 0 Å². The second-order valence-electron chi connectivity index (χ2n) is 5.77. The van der Waals surface area contributed by atoms with Gasteiger partial charge in [-0.25, -0.2) is 0 Å². The van der Waals surface area contributed by atoms with Crippen LogP contribution in [0.5, 0.6) is 0 Å². The number of hydrogen-bond donors (Lipinski definition) is 1. The maximum atomic E-state index is 12.1. The molecule has 6 nitrogen and oxygen atoms in total. The molecule has 4 rings (SSSR count). The van der Waals surface area contributed by atoms with Crippen molar-refractivity contribution in [2.75, 3.05) is 22.5 Å². The van der Waals surface area contributed by atoms with Gasteiger partial charge in [0.1, 0.15) is 0 Å². The summed E-state index contributed by atoms with van der Waals surface area (Å²) < 4.78 is 2.05. The molecule has 0 unspecified atom stereocenters. The summed E-state index contributed by atoms with van der Waals surface area (Å²) in [4.78, 5) is 14.3. The highest BCUT2D eigenvalue weighted by molar-refractivity contribution is 7.99. The minimum Gasteiger partial charge on any atom is -0.325 e. The van der Waals surface area contributed by atoms with Crippen molar-refractivity contribution in [2.24, 2.45) is 0 Å². The van der Waals surface area contributed by atoms with Gasteiger partial charge in [-0.3, -0.25) is 9.36 Å². The van der Waals surface area contributed by atoms with Gasteiger partial charge in [0.05, 0.1) is 5.75 Å². The molecule has 0 aliphatic carbocycles. The van der Waals surface area contributed by atoms with Crippen molar-refractivity contribution in [3.05, 3.63) is 59.6 Å². The summed E-state index contributed by atoms with van der Waals surface area (Å²) in [5, 5.41) is 12.8. The minimum absolute atomic E-state index is 0.0902. The standard InChI is InChI=1S/C18H16ClN5OS/c19-13-6-8-14(9-7-13)20-16(25)12-26-18-22-21-17-23(10-11-24(17)18)15-4-2-1-3-5-15/h1-9H,10-12H2,(H,20,25). The number of thioether (sulfide) groups is 1. The molecule has 132 valence electrons. The van der Waals surface area contributed by atoms with Crippen LogP contribution in [0.3, 0.4) is 0 Å². The van der Waals surface area contributed by atoms with Crippen molar-refractivity contribution in [3.63, 3.8) is 0 Å². The molecule has 1 aromatic heterocycles. The summed E-state index contributed by atoms with van der Waals surface area (Å²) in [6.07, 6.45) is 0. The Morgan fingerprint density at radius 1 is 1.08 bits per heavy atom. The van der Waals surface area contributed by atoms with Crippen molar-refractivity contribution >= 4 is 46.6 Å². The van der Waals surface area contributed by atoms with Crippen molar-refractivity contribution in [1.29, 1.82) is 0 Å². The van der Waals surface area contributed by atoms with Crippen molar-refractivity contribution in [1.82, 2.24) is 14.8 Å². The lowest BCUT2D eigenvalue weighted by Crippen LogP contribution is -2.14. The van der Waals surface area contributed by atoms with Crippen LogP contribution in [-0.2, 0) is 11.3 Å². The zero-order valence-electron chi connectivity index (χ0n) is 13.8. The summed E-state index contributed by atoms with van der Waals surface area (Å²) in [5.74, 6) is 0.996. The highest BCUT2D eigenvalue weighted by Gasteiger charge is 2.26. The SMILES string of the molecule is O=C(CSc1nnc2n1CCN2c1ccccc1)Nc1ccc(Cl)cc1. The number of nitrogens with one attached hydrogen (secondary N) is 1. The Hall–Kier alpha value is -2.51. The number of para-hydroxylation sites is 1. The van der Waals surface area contributed by atoms with E-state index in [2.05, 4.69) is 32.5 Å². The molecule has 2 aromatic carbocycles. The maximum Gasteiger partial charge on any atom is 0.234 e. The second kappa shape index (κ2) is 7.39. The van der Waals surface area contributed by atoms with Crippen molar-refractivity contribution in [2.45, 2.75) is 11.7 Å². The number of aromatic nitrogens is 3. The third-order valence-corrected chi connectivity index (χ3v) is 5.23. The summed E-state index contributed by atoms with van der Waals surface area (Å²) in [6, 6.07) is 17.1. The molecule has 0 fully saturated rings. The number of hydrogen-bond acceptors (Lipinski definition) is 5. The minimum atomic E-state index is -0.0902. The zero-order valence-corrected chi connectivity index (χ0v) is 15.4. The molecule has 1 amide bonds. The van der Waals surface area contributed by atoms with Crippen LogP contribution in [0.2, 0.25) is 5.02 Å². The Labute approximate surface area is 160 Å². The predicted molar refractivity (Wildman–Crippen MR) is 104 cm³/mol. The molecule has 3 aromatic rings. The molecule has 0 atom stereocenters. The van der Waals surface area contributed by atoms with Gasteiger partial charge in [-0.05, 0) is 36.4 Å². The van der Waals surface area contributed by atoms with Gasteiger partial charge in [0, 0.05) is 29.5 Å². The average molecular weight is 386 g/mol. The molecule has 2 heterocycles. The molecule has 0 spiro atoms. The fourth-order valence-corrected chi connectivity index (χ4v) is 3.68. The van der Waals surface area contributed by atoms with Crippen LogP contribution in [0.1, 0.15) is 0 Å². The predicted octanol–water partition coefficient (Wildman–Crippen LogP) is 3.81. The first-order chi connectivity index (χ1) is 12.7. The smallest absolute Gasteiger partial charge is 0.234 e. The van der Waals surface area contributed by atoms with Crippen LogP contribution in [-0.4, -0.2) is 33.0 Å². The molecule has 0 saturated carbocycles. The van der Waals surface area contributed by atoms with E-state index in [4.69, 9.17) is 11.6 Å². The van der Waals surface area contributed by atoms with Crippen molar-refractivity contribution in [3.8, 4) is 0 Å².